The van der Waals surface area contributed by atoms with E-state index in [4.69, 9.17) is 4.74 Å². The van der Waals surface area contributed by atoms with Gasteiger partial charge in [-0.05, 0) is 30.5 Å². The van der Waals surface area contributed by atoms with Gasteiger partial charge in [-0.1, -0.05) is 12.1 Å². The summed E-state index contributed by atoms with van der Waals surface area (Å²) in [5, 5.41) is 2.90. The number of amides is 2. The fourth-order valence-corrected chi connectivity index (χ4v) is 3.37. The van der Waals surface area contributed by atoms with Crippen LogP contribution in [0.4, 0.5) is 4.39 Å². The topological polar surface area (TPSA) is 58.6 Å². The highest BCUT2D eigenvalue weighted by Gasteiger charge is 2.42. The minimum absolute atomic E-state index is 0.0676. The van der Waals surface area contributed by atoms with E-state index in [9.17, 15) is 14.0 Å². The first-order chi connectivity index (χ1) is 11.1. The van der Waals surface area contributed by atoms with Crippen molar-refractivity contribution < 1.29 is 18.7 Å². The van der Waals surface area contributed by atoms with Crippen molar-refractivity contribution in [2.45, 2.75) is 31.4 Å². The van der Waals surface area contributed by atoms with Gasteiger partial charge in [0, 0.05) is 26.6 Å². The van der Waals surface area contributed by atoms with Crippen LogP contribution in [0.15, 0.2) is 24.3 Å². The number of hydrogen-bond acceptors (Lipinski definition) is 3. The summed E-state index contributed by atoms with van der Waals surface area (Å²) in [6, 6.07) is 5.62. The molecule has 2 aliphatic heterocycles. The summed E-state index contributed by atoms with van der Waals surface area (Å²) < 4.78 is 18.6. The lowest BCUT2D eigenvalue weighted by Gasteiger charge is -2.25. The molecule has 6 heteroatoms. The Hall–Kier alpha value is -1.95. The highest BCUT2D eigenvalue weighted by atomic mass is 19.1. The second kappa shape index (κ2) is 6.66. The smallest absolute Gasteiger partial charge is 0.226 e. The number of hydrogen-bond donors (Lipinski definition) is 1. The van der Waals surface area contributed by atoms with E-state index >= 15 is 0 Å². The number of ether oxygens (including phenoxy) is 1. The molecule has 2 fully saturated rings. The Kier molecular flexibility index (Phi) is 4.61. The first-order valence-corrected chi connectivity index (χ1v) is 7.96. The zero-order valence-electron chi connectivity index (χ0n) is 13.1. The van der Waals surface area contributed by atoms with Crippen LogP contribution in [-0.2, 0) is 14.3 Å². The molecule has 0 saturated carbocycles. The van der Waals surface area contributed by atoms with Crippen LogP contribution in [0, 0.1) is 11.7 Å². The maximum absolute atomic E-state index is 13.1. The summed E-state index contributed by atoms with van der Waals surface area (Å²) in [4.78, 5) is 26.1. The Morgan fingerprint density at radius 2 is 2.13 bits per heavy atom. The molecule has 3 atom stereocenters. The maximum Gasteiger partial charge on any atom is 0.226 e. The normalized spacial score (nSPS) is 27.5. The fourth-order valence-electron chi connectivity index (χ4n) is 3.37. The molecule has 1 N–H and O–H groups in total. The highest BCUT2D eigenvalue weighted by Crippen LogP contribution is 2.37. The largest absolute Gasteiger partial charge is 0.376 e. The average Bonchev–Trinajstić information content (AvgIpc) is 3.15. The predicted molar refractivity (Wildman–Crippen MR) is 82.0 cm³/mol. The number of halogens is 1. The van der Waals surface area contributed by atoms with Crippen LogP contribution in [0.5, 0.6) is 0 Å². The van der Waals surface area contributed by atoms with Crippen molar-refractivity contribution in [2.24, 2.45) is 5.92 Å². The molecule has 0 spiro atoms. The van der Waals surface area contributed by atoms with E-state index in [1.165, 1.54) is 12.1 Å². The van der Waals surface area contributed by atoms with Gasteiger partial charge in [0.15, 0.2) is 0 Å². The van der Waals surface area contributed by atoms with Crippen molar-refractivity contribution in [3.8, 4) is 0 Å². The highest BCUT2D eigenvalue weighted by molar-refractivity contribution is 5.90. The monoisotopic (exact) mass is 320 g/mol. The predicted octanol–water partition coefficient (Wildman–Crippen LogP) is 1.64. The summed E-state index contributed by atoms with van der Waals surface area (Å²) in [6.07, 6.45) is 2.21. The van der Waals surface area contributed by atoms with Crippen molar-refractivity contribution in [1.29, 1.82) is 0 Å². The molecule has 2 amide bonds. The van der Waals surface area contributed by atoms with Crippen molar-refractivity contribution in [2.75, 3.05) is 20.2 Å². The van der Waals surface area contributed by atoms with Gasteiger partial charge in [-0.3, -0.25) is 9.59 Å². The van der Waals surface area contributed by atoms with Crippen molar-refractivity contribution in [1.82, 2.24) is 10.2 Å². The van der Waals surface area contributed by atoms with Crippen LogP contribution in [0.2, 0.25) is 0 Å². The summed E-state index contributed by atoms with van der Waals surface area (Å²) in [6.45, 7) is 1.22. The fraction of sp³-hybridized carbons (Fsp3) is 0.529. The number of rotatable bonds is 4. The SMILES string of the molecule is CN1C(=O)C[C@H](C(=O)NC[C@H]2CCCO2)[C@H]1c1ccc(F)cc1. The zero-order valence-corrected chi connectivity index (χ0v) is 13.1. The first-order valence-electron chi connectivity index (χ1n) is 7.96. The number of nitrogens with one attached hydrogen (secondary N) is 1. The van der Waals surface area contributed by atoms with Gasteiger partial charge < -0.3 is 15.0 Å². The van der Waals surface area contributed by atoms with E-state index in [1.54, 1.807) is 24.1 Å². The van der Waals surface area contributed by atoms with Crippen LogP contribution in [0.25, 0.3) is 0 Å². The van der Waals surface area contributed by atoms with Gasteiger partial charge in [0.05, 0.1) is 18.1 Å². The molecule has 2 heterocycles. The third kappa shape index (κ3) is 3.37. The molecule has 5 nitrogen and oxygen atoms in total. The molecule has 3 rings (SSSR count). The summed E-state index contributed by atoms with van der Waals surface area (Å²) >= 11 is 0. The molecule has 23 heavy (non-hydrogen) atoms. The van der Waals surface area contributed by atoms with Crippen molar-refractivity contribution >= 4 is 11.8 Å². The van der Waals surface area contributed by atoms with Gasteiger partial charge in [-0.15, -0.1) is 0 Å². The third-order valence-corrected chi connectivity index (χ3v) is 4.66. The van der Waals surface area contributed by atoms with Gasteiger partial charge in [0.25, 0.3) is 0 Å². The number of carbonyl (C=O) groups excluding carboxylic acids is 2. The molecule has 2 saturated heterocycles. The third-order valence-electron chi connectivity index (χ3n) is 4.66. The van der Waals surface area contributed by atoms with Crippen LogP contribution >= 0.6 is 0 Å². The Morgan fingerprint density at radius 1 is 1.39 bits per heavy atom. The Bertz CT molecular complexity index is 584. The Labute approximate surface area is 134 Å². The Morgan fingerprint density at radius 3 is 2.78 bits per heavy atom. The van der Waals surface area contributed by atoms with Gasteiger partial charge in [0.1, 0.15) is 5.82 Å². The van der Waals surface area contributed by atoms with E-state index in [-0.39, 0.29) is 36.2 Å². The second-order valence-corrected chi connectivity index (χ2v) is 6.19. The first kappa shape index (κ1) is 15.9. The van der Waals surface area contributed by atoms with Crippen molar-refractivity contribution in [3.05, 3.63) is 35.6 Å². The van der Waals surface area contributed by atoms with Crippen LogP contribution in [0.1, 0.15) is 30.9 Å². The van der Waals surface area contributed by atoms with Crippen molar-refractivity contribution in [3.63, 3.8) is 0 Å². The van der Waals surface area contributed by atoms with E-state index < -0.39 is 5.92 Å². The quantitative estimate of drug-likeness (QED) is 0.917. The second-order valence-electron chi connectivity index (χ2n) is 6.19. The van der Waals surface area contributed by atoms with Crippen LogP contribution in [0.3, 0.4) is 0 Å². The summed E-state index contributed by atoms with van der Waals surface area (Å²) in [5.74, 6) is -1.01. The number of likely N-dealkylation sites (tertiary alicyclic amines) is 1. The molecule has 0 unspecified atom stereocenters. The van der Waals surface area contributed by atoms with E-state index in [0.29, 0.717) is 6.54 Å². The molecule has 0 aromatic heterocycles. The summed E-state index contributed by atoms with van der Waals surface area (Å²) in [5.41, 5.74) is 0.775. The minimum atomic E-state index is -0.459. The van der Waals surface area contributed by atoms with E-state index in [0.717, 1.165) is 25.0 Å². The summed E-state index contributed by atoms with van der Waals surface area (Å²) in [7, 11) is 1.68. The molecule has 1 aromatic rings. The molecule has 0 aliphatic carbocycles. The lowest BCUT2D eigenvalue weighted by atomic mass is 9.93. The lowest BCUT2D eigenvalue weighted by molar-refractivity contribution is -0.128. The number of carbonyl (C=O) groups is 2. The van der Waals surface area contributed by atoms with Gasteiger partial charge in [0.2, 0.25) is 11.8 Å². The molecule has 0 radical (unpaired) electrons. The van der Waals surface area contributed by atoms with Gasteiger partial charge >= 0.3 is 0 Å². The molecular formula is C17H21FN2O3. The molecule has 124 valence electrons. The Balaban J connectivity index is 1.71. The molecule has 2 aliphatic rings. The van der Waals surface area contributed by atoms with E-state index in [2.05, 4.69) is 5.32 Å². The van der Waals surface area contributed by atoms with Crippen LogP contribution in [-0.4, -0.2) is 43.0 Å². The number of nitrogens with zero attached hydrogens (tertiary/aromatic N) is 1. The maximum atomic E-state index is 13.1. The zero-order chi connectivity index (χ0) is 16.4. The van der Waals surface area contributed by atoms with Gasteiger partial charge in [-0.2, -0.15) is 0 Å². The van der Waals surface area contributed by atoms with Crippen LogP contribution < -0.4 is 5.32 Å². The molecular weight excluding hydrogens is 299 g/mol. The van der Waals surface area contributed by atoms with Gasteiger partial charge in [-0.25, -0.2) is 4.39 Å². The lowest BCUT2D eigenvalue weighted by Crippen LogP contribution is -2.38. The minimum Gasteiger partial charge on any atom is -0.376 e. The standard InChI is InChI=1S/C17H21FN2O3/c1-20-15(21)9-14(16(20)11-4-6-12(18)7-5-11)17(22)19-10-13-3-2-8-23-13/h4-7,13-14,16H,2-3,8-10H2,1H3,(H,19,22)/t13-,14+,16-/m1/s1. The van der Waals surface area contributed by atoms with E-state index in [1.807, 2.05) is 0 Å². The molecule has 1 aromatic carbocycles. The average molecular weight is 320 g/mol. The number of benzene rings is 1. The molecule has 0 bridgehead atoms.